The number of esters is 1. The fraction of sp³-hybridized carbons (Fsp3) is 0.263. The van der Waals surface area contributed by atoms with E-state index >= 15 is 0 Å². The van der Waals surface area contributed by atoms with Gasteiger partial charge in [-0.25, -0.2) is 4.79 Å². The molecule has 28 heavy (non-hydrogen) atoms. The van der Waals surface area contributed by atoms with Gasteiger partial charge in [0.2, 0.25) is 0 Å². The standard InChI is InChI=1S/C19H19F2NO5S/c1-12-7-8-14(15(9-12)25-2)26-11-18(24)27-10-17(23)22-13-5-3-4-6-16(13)28-19(20)21/h3-9,19H,10-11H2,1-2H3,(H,22,23). The van der Waals surface area contributed by atoms with E-state index in [-0.39, 0.29) is 10.6 Å². The maximum Gasteiger partial charge on any atom is 0.344 e. The van der Waals surface area contributed by atoms with E-state index in [0.717, 1.165) is 5.56 Å². The number of anilines is 1. The molecule has 0 heterocycles. The summed E-state index contributed by atoms with van der Waals surface area (Å²) in [6.45, 7) is 0.905. The molecule has 2 aromatic carbocycles. The van der Waals surface area contributed by atoms with Gasteiger partial charge >= 0.3 is 5.97 Å². The minimum atomic E-state index is -2.62. The van der Waals surface area contributed by atoms with Crippen molar-refractivity contribution in [3.8, 4) is 11.5 Å². The van der Waals surface area contributed by atoms with Crippen LogP contribution in [0.4, 0.5) is 14.5 Å². The number of para-hydroxylation sites is 1. The first kappa shape index (κ1) is 21.5. The molecule has 6 nitrogen and oxygen atoms in total. The molecular formula is C19H19F2NO5S. The Hall–Kier alpha value is -2.81. The molecule has 0 saturated heterocycles. The highest BCUT2D eigenvalue weighted by molar-refractivity contribution is 7.99. The van der Waals surface area contributed by atoms with Crippen molar-refractivity contribution < 1.29 is 32.6 Å². The molecule has 0 atom stereocenters. The minimum absolute atomic E-state index is 0.215. The number of hydrogen-bond donors (Lipinski definition) is 1. The predicted molar refractivity (Wildman–Crippen MR) is 101 cm³/mol. The summed E-state index contributed by atoms with van der Waals surface area (Å²) in [5, 5.41) is 2.44. The molecule has 1 amide bonds. The molecule has 0 spiro atoms. The molecule has 0 unspecified atom stereocenters. The second-order valence-electron chi connectivity index (χ2n) is 5.53. The van der Waals surface area contributed by atoms with Gasteiger partial charge in [-0.3, -0.25) is 4.79 Å². The smallest absolute Gasteiger partial charge is 0.344 e. The average molecular weight is 411 g/mol. The molecule has 0 aliphatic carbocycles. The lowest BCUT2D eigenvalue weighted by molar-refractivity contribution is -0.149. The van der Waals surface area contributed by atoms with E-state index in [2.05, 4.69) is 5.32 Å². The molecule has 0 fully saturated rings. The van der Waals surface area contributed by atoms with Gasteiger partial charge in [-0.1, -0.05) is 30.0 Å². The van der Waals surface area contributed by atoms with Gasteiger partial charge in [0.25, 0.3) is 11.7 Å². The van der Waals surface area contributed by atoms with E-state index in [1.54, 1.807) is 30.3 Å². The van der Waals surface area contributed by atoms with Crippen LogP contribution in [0.15, 0.2) is 47.4 Å². The summed E-state index contributed by atoms with van der Waals surface area (Å²) in [6.07, 6.45) is 0. The van der Waals surface area contributed by atoms with E-state index in [1.165, 1.54) is 19.2 Å². The molecule has 0 aliphatic rings. The fourth-order valence-corrected chi connectivity index (χ4v) is 2.77. The number of halogens is 2. The van der Waals surface area contributed by atoms with E-state index < -0.39 is 30.8 Å². The van der Waals surface area contributed by atoms with Crippen molar-refractivity contribution in [3.63, 3.8) is 0 Å². The zero-order chi connectivity index (χ0) is 20.5. The lowest BCUT2D eigenvalue weighted by atomic mass is 10.2. The third-order valence-corrected chi connectivity index (χ3v) is 4.19. The van der Waals surface area contributed by atoms with Crippen LogP contribution in [0.25, 0.3) is 0 Å². The highest BCUT2D eigenvalue weighted by atomic mass is 32.2. The molecule has 0 bridgehead atoms. The second kappa shape index (κ2) is 10.5. The molecule has 1 N–H and O–H groups in total. The van der Waals surface area contributed by atoms with Crippen molar-refractivity contribution in [1.82, 2.24) is 0 Å². The third kappa shape index (κ3) is 6.73. The maximum atomic E-state index is 12.6. The number of amides is 1. The maximum absolute atomic E-state index is 12.6. The summed E-state index contributed by atoms with van der Waals surface area (Å²) in [6, 6.07) is 11.3. The van der Waals surface area contributed by atoms with E-state index in [9.17, 15) is 18.4 Å². The molecule has 0 aromatic heterocycles. The van der Waals surface area contributed by atoms with Crippen molar-refractivity contribution in [3.05, 3.63) is 48.0 Å². The second-order valence-corrected chi connectivity index (χ2v) is 6.56. The molecule has 0 radical (unpaired) electrons. The van der Waals surface area contributed by atoms with Crippen LogP contribution in [-0.4, -0.2) is 38.0 Å². The molecule has 0 saturated carbocycles. The summed E-state index contributed by atoms with van der Waals surface area (Å²) in [7, 11) is 1.48. The number of carbonyl (C=O) groups is 2. The average Bonchev–Trinajstić information content (AvgIpc) is 2.66. The lowest BCUT2D eigenvalue weighted by Crippen LogP contribution is -2.24. The van der Waals surface area contributed by atoms with Crippen molar-refractivity contribution in [2.24, 2.45) is 0 Å². The number of ether oxygens (including phenoxy) is 3. The summed E-state index contributed by atoms with van der Waals surface area (Å²) in [5.41, 5.74) is 1.18. The number of rotatable bonds is 9. The third-order valence-electron chi connectivity index (χ3n) is 3.41. The van der Waals surface area contributed by atoms with E-state index in [1.807, 2.05) is 6.92 Å². The van der Waals surface area contributed by atoms with Crippen LogP contribution in [0, 0.1) is 6.92 Å². The Morgan fingerprint density at radius 2 is 1.86 bits per heavy atom. The number of aryl methyl sites for hydroxylation is 1. The van der Waals surface area contributed by atoms with Crippen molar-refractivity contribution in [1.29, 1.82) is 0 Å². The Morgan fingerprint density at radius 1 is 1.11 bits per heavy atom. The monoisotopic (exact) mass is 411 g/mol. The number of alkyl halides is 2. The SMILES string of the molecule is COc1cc(C)ccc1OCC(=O)OCC(=O)Nc1ccccc1SC(F)F. The zero-order valence-corrected chi connectivity index (χ0v) is 16.1. The normalized spacial score (nSPS) is 10.5. The highest BCUT2D eigenvalue weighted by Gasteiger charge is 2.14. The van der Waals surface area contributed by atoms with Gasteiger partial charge in [0.05, 0.1) is 12.8 Å². The molecule has 2 rings (SSSR count). The molecule has 2 aromatic rings. The number of thioether (sulfide) groups is 1. The van der Waals surface area contributed by atoms with Crippen molar-refractivity contribution in [2.45, 2.75) is 17.6 Å². The number of carbonyl (C=O) groups excluding carboxylic acids is 2. The predicted octanol–water partition coefficient (Wildman–Crippen LogP) is 3.88. The molecule has 0 aliphatic heterocycles. The first-order valence-electron chi connectivity index (χ1n) is 8.15. The minimum Gasteiger partial charge on any atom is -0.493 e. The topological polar surface area (TPSA) is 73.9 Å². The Balaban J connectivity index is 1.82. The number of methoxy groups -OCH3 is 1. The van der Waals surface area contributed by atoms with Crippen LogP contribution in [0.5, 0.6) is 11.5 Å². The van der Waals surface area contributed by atoms with Crippen LogP contribution in [0.3, 0.4) is 0 Å². The van der Waals surface area contributed by atoms with Gasteiger partial charge in [-0.15, -0.1) is 0 Å². The highest BCUT2D eigenvalue weighted by Crippen LogP contribution is 2.31. The van der Waals surface area contributed by atoms with Gasteiger partial charge in [0.1, 0.15) is 0 Å². The van der Waals surface area contributed by atoms with Crippen LogP contribution in [0.2, 0.25) is 0 Å². The van der Waals surface area contributed by atoms with Gasteiger partial charge in [-0.05, 0) is 36.8 Å². The van der Waals surface area contributed by atoms with Crippen molar-refractivity contribution in [2.75, 3.05) is 25.6 Å². The van der Waals surface area contributed by atoms with Crippen molar-refractivity contribution >= 4 is 29.3 Å². The largest absolute Gasteiger partial charge is 0.493 e. The number of nitrogens with one attached hydrogen (secondary N) is 1. The number of benzene rings is 2. The summed E-state index contributed by atoms with van der Waals surface area (Å²) in [5.74, 6) is -3.19. The number of hydrogen-bond acceptors (Lipinski definition) is 6. The molecule has 150 valence electrons. The molecule has 9 heteroatoms. The molecular weight excluding hydrogens is 392 g/mol. The Bertz CT molecular complexity index is 832. The van der Waals surface area contributed by atoms with Crippen LogP contribution >= 0.6 is 11.8 Å². The Labute approximate surface area is 165 Å². The van der Waals surface area contributed by atoms with Gasteiger partial charge < -0.3 is 19.5 Å². The fourth-order valence-electron chi connectivity index (χ4n) is 2.17. The summed E-state index contributed by atoms with van der Waals surface area (Å²) in [4.78, 5) is 23.9. The zero-order valence-electron chi connectivity index (χ0n) is 15.2. The summed E-state index contributed by atoms with van der Waals surface area (Å²) >= 11 is 0.314. The van der Waals surface area contributed by atoms with Crippen LogP contribution in [-0.2, 0) is 14.3 Å². The van der Waals surface area contributed by atoms with Gasteiger partial charge in [-0.2, -0.15) is 8.78 Å². The quantitative estimate of drug-likeness (QED) is 0.499. The van der Waals surface area contributed by atoms with Gasteiger partial charge in [0.15, 0.2) is 24.7 Å². The first-order valence-corrected chi connectivity index (χ1v) is 9.03. The Morgan fingerprint density at radius 3 is 2.57 bits per heavy atom. The van der Waals surface area contributed by atoms with E-state index in [4.69, 9.17) is 14.2 Å². The van der Waals surface area contributed by atoms with Gasteiger partial charge in [0, 0.05) is 4.90 Å². The summed E-state index contributed by atoms with van der Waals surface area (Å²) < 4.78 is 40.5. The van der Waals surface area contributed by atoms with E-state index in [0.29, 0.717) is 23.3 Å². The first-order chi connectivity index (χ1) is 13.4. The van der Waals surface area contributed by atoms with Crippen LogP contribution in [0.1, 0.15) is 5.56 Å². The Kier molecular flexibility index (Phi) is 8.06. The van der Waals surface area contributed by atoms with Crippen LogP contribution < -0.4 is 14.8 Å². The lowest BCUT2D eigenvalue weighted by Gasteiger charge is -2.12.